The average Bonchev–Trinajstić information content (AvgIpc) is 3.54. The molecule has 1 fully saturated rings. The van der Waals surface area contributed by atoms with Crippen LogP contribution in [0.5, 0.6) is 0 Å². The number of hydrogen-bond donors (Lipinski definition) is 1. The van der Waals surface area contributed by atoms with Gasteiger partial charge in [-0.2, -0.15) is 0 Å². The Bertz CT molecular complexity index is 1500. The van der Waals surface area contributed by atoms with Gasteiger partial charge in [-0.3, -0.25) is 9.36 Å². The quantitative estimate of drug-likeness (QED) is 0.204. The van der Waals surface area contributed by atoms with E-state index in [0.29, 0.717) is 29.8 Å². The third-order valence-corrected chi connectivity index (χ3v) is 18.2. The lowest BCUT2D eigenvalue weighted by molar-refractivity contribution is -0.0383. The molecule has 1 N–H and O–H groups in total. The first-order chi connectivity index (χ1) is 20.3. The fourth-order valence-electron chi connectivity index (χ4n) is 4.37. The molecule has 3 heterocycles. The van der Waals surface area contributed by atoms with Gasteiger partial charge in [0.05, 0.1) is 26.1 Å². The van der Waals surface area contributed by atoms with E-state index in [-0.39, 0.29) is 33.9 Å². The van der Waals surface area contributed by atoms with E-state index >= 15 is 0 Å². The molecule has 0 saturated carbocycles. The van der Waals surface area contributed by atoms with Crippen LogP contribution in [0.2, 0.25) is 36.3 Å². The van der Waals surface area contributed by atoms with E-state index in [1.54, 1.807) is 35.2 Å². The van der Waals surface area contributed by atoms with Crippen LogP contribution in [0.15, 0.2) is 36.7 Å². The Hall–Kier alpha value is -2.98. The molecule has 1 unspecified atom stereocenters. The van der Waals surface area contributed by atoms with Crippen LogP contribution in [-0.2, 0) is 18.3 Å². The molecule has 0 spiro atoms. The Morgan fingerprint density at radius 1 is 1.00 bits per heavy atom. The second-order valence-corrected chi connectivity index (χ2v) is 24.0. The van der Waals surface area contributed by atoms with Crippen LogP contribution in [0, 0.1) is 0 Å². The first-order valence-electron chi connectivity index (χ1n) is 15.0. The smallest absolute Gasteiger partial charge is 0.376 e. The molecule has 1 aliphatic heterocycles. The molecular formula is C31H47N5O6Si2. The van der Waals surface area contributed by atoms with Gasteiger partial charge >= 0.3 is 5.97 Å². The minimum absolute atomic E-state index is 0.00608. The first kappa shape index (κ1) is 33.9. The van der Waals surface area contributed by atoms with Crippen molar-refractivity contribution in [1.29, 1.82) is 0 Å². The summed E-state index contributed by atoms with van der Waals surface area (Å²) in [7, 11) is -2.97. The van der Waals surface area contributed by atoms with Crippen molar-refractivity contribution in [3.8, 4) is 0 Å². The number of imidazole rings is 1. The predicted octanol–water partition coefficient (Wildman–Crippen LogP) is 6.56. The monoisotopic (exact) mass is 641 g/mol. The van der Waals surface area contributed by atoms with Gasteiger partial charge in [0.2, 0.25) is 5.82 Å². The molecule has 0 radical (unpaired) electrons. The molecule has 13 heteroatoms. The van der Waals surface area contributed by atoms with Crippen LogP contribution in [0.1, 0.15) is 75.2 Å². The summed E-state index contributed by atoms with van der Waals surface area (Å²) in [6, 6.07) is 8.74. The summed E-state index contributed by atoms with van der Waals surface area (Å²) in [6.45, 7) is 22.6. The van der Waals surface area contributed by atoms with E-state index in [0.717, 1.165) is 0 Å². The fourth-order valence-corrected chi connectivity index (χ4v) is 6.75. The Morgan fingerprint density at radius 2 is 1.64 bits per heavy atom. The summed E-state index contributed by atoms with van der Waals surface area (Å²) >= 11 is 0. The predicted molar refractivity (Wildman–Crippen MR) is 175 cm³/mol. The van der Waals surface area contributed by atoms with Gasteiger partial charge in [-0.1, -0.05) is 59.7 Å². The lowest BCUT2D eigenvalue weighted by Gasteiger charge is -2.40. The number of ether oxygens (including phenoxy) is 2. The maximum absolute atomic E-state index is 13.0. The van der Waals surface area contributed by atoms with Gasteiger partial charge in [0.1, 0.15) is 12.3 Å². The maximum Gasteiger partial charge on any atom is 0.376 e. The summed E-state index contributed by atoms with van der Waals surface area (Å²) in [5.41, 5.74) is 1.10. The van der Waals surface area contributed by atoms with Gasteiger partial charge < -0.3 is 23.6 Å². The van der Waals surface area contributed by atoms with Crippen molar-refractivity contribution in [2.75, 3.05) is 19.0 Å². The van der Waals surface area contributed by atoms with Crippen molar-refractivity contribution in [2.24, 2.45) is 0 Å². The van der Waals surface area contributed by atoms with Crippen LogP contribution in [-0.4, -0.2) is 74.0 Å². The number of carbonyl (C=O) groups is 2. The first-order valence-corrected chi connectivity index (χ1v) is 20.8. The molecule has 240 valence electrons. The number of amides is 1. The van der Waals surface area contributed by atoms with E-state index in [4.69, 9.17) is 18.3 Å². The summed E-state index contributed by atoms with van der Waals surface area (Å²) in [6.07, 6.45) is 1.10. The zero-order chi connectivity index (χ0) is 32.7. The van der Waals surface area contributed by atoms with E-state index in [1.807, 2.05) is 6.07 Å². The number of esters is 1. The molecule has 1 aliphatic rings. The van der Waals surface area contributed by atoms with Gasteiger partial charge in [0.15, 0.2) is 33.6 Å². The zero-order valence-electron chi connectivity index (χ0n) is 27.8. The molecule has 0 bridgehead atoms. The standard InChI is InChI=1S/C31H47N5O6Si2/c1-30(2,3)43(8,9)40-18-22-21(42-44(10,11)31(4,5)6)17-23(41-22)36-19-32-24-25(33-26(29(38)39-7)34-27(24)36)35-28(37)20-15-13-12-14-16-20/h12-16,19,21-23H,17-18H2,1-11H3,(H,33,34,35,37)/t21?,22-,23-/m1/s1. The number of aromatic nitrogens is 4. The summed E-state index contributed by atoms with van der Waals surface area (Å²) in [5.74, 6) is -1.22. The van der Waals surface area contributed by atoms with E-state index < -0.39 is 34.7 Å². The number of benzene rings is 1. The minimum atomic E-state index is -2.16. The number of nitrogens with one attached hydrogen (secondary N) is 1. The van der Waals surface area contributed by atoms with E-state index in [2.05, 4.69) is 88.0 Å². The lowest BCUT2D eigenvalue weighted by atomic mass is 10.2. The number of methoxy groups -OCH3 is 1. The number of fused-ring (bicyclic) bond motifs is 1. The minimum Gasteiger partial charge on any atom is -0.463 e. The van der Waals surface area contributed by atoms with Crippen molar-refractivity contribution >= 4 is 45.5 Å². The highest BCUT2D eigenvalue weighted by molar-refractivity contribution is 6.74. The maximum atomic E-state index is 13.0. The molecule has 1 aromatic carbocycles. The molecule has 4 rings (SSSR count). The molecule has 3 atom stereocenters. The second-order valence-electron chi connectivity index (χ2n) is 14.4. The SMILES string of the molecule is COC(=O)c1nc(NC(=O)c2ccccc2)c2ncn([C@H]3CC(O[Si](C)(C)C(C)(C)C)[C@@H](CO[Si](C)(C)C(C)(C)C)O3)c2n1. The highest BCUT2D eigenvalue weighted by Gasteiger charge is 2.47. The molecule has 11 nitrogen and oxygen atoms in total. The van der Waals surface area contributed by atoms with Crippen LogP contribution >= 0.6 is 0 Å². The zero-order valence-corrected chi connectivity index (χ0v) is 29.8. The van der Waals surface area contributed by atoms with Gasteiger partial charge in [-0.15, -0.1) is 0 Å². The number of rotatable bonds is 9. The van der Waals surface area contributed by atoms with Crippen molar-refractivity contribution in [1.82, 2.24) is 19.5 Å². The molecule has 2 aromatic heterocycles. The number of hydrogen-bond acceptors (Lipinski definition) is 9. The highest BCUT2D eigenvalue weighted by Crippen LogP contribution is 2.43. The fraction of sp³-hybridized carbons (Fsp3) is 0.581. The highest BCUT2D eigenvalue weighted by atomic mass is 28.4. The molecule has 0 aliphatic carbocycles. The van der Waals surface area contributed by atoms with Crippen molar-refractivity contribution < 1.29 is 27.9 Å². The summed E-state index contributed by atoms with van der Waals surface area (Å²) in [4.78, 5) is 39.0. The second kappa shape index (κ2) is 12.4. The molecule has 3 aromatic rings. The van der Waals surface area contributed by atoms with Crippen LogP contribution in [0.3, 0.4) is 0 Å². The number of nitrogens with zero attached hydrogens (tertiary/aromatic N) is 4. The molecule has 1 amide bonds. The van der Waals surface area contributed by atoms with Gasteiger partial charge in [0.25, 0.3) is 5.91 Å². The largest absolute Gasteiger partial charge is 0.463 e. The van der Waals surface area contributed by atoms with Gasteiger partial charge in [0, 0.05) is 12.0 Å². The van der Waals surface area contributed by atoms with Crippen molar-refractivity contribution in [3.05, 3.63) is 48.0 Å². The van der Waals surface area contributed by atoms with Crippen molar-refractivity contribution in [3.63, 3.8) is 0 Å². The lowest BCUT2D eigenvalue weighted by Crippen LogP contribution is -2.48. The Morgan fingerprint density at radius 3 is 2.23 bits per heavy atom. The third-order valence-electron chi connectivity index (χ3n) is 9.21. The topological polar surface area (TPSA) is 127 Å². The molecule has 44 heavy (non-hydrogen) atoms. The third kappa shape index (κ3) is 7.12. The van der Waals surface area contributed by atoms with Crippen LogP contribution < -0.4 is 5.32 Å². The Kier molecular flexibility index (Phi) is 9.58. The summed E-state index contributed by atoms with van der Waals surface area (Å²) in [5, 5.41) is 2.84. The van der Waals surface area contributed by atoms with E-state index in [1.165, 1.54) is 7.11 Å². The number of anilines is 1. The molecule has 1 saturated heterocycles. The molecular weight excluding hydrogens is 595 g/mol. The summed E-state index contributed by atoms with van der Waals surface area (Å²) < 4.78 is 26.9. The Balaban J connectivity index is 1.71. The number of carbonyl (C=O) groups excluding carboxylic acids is 2. The van der Waals surface area contributed by atoms with Crippen LogP contribution in [0.25, 0.3) is 11.2 Å². The van der Waals surface area contributed by atoms with Crippen LogP contribution in [0.4, 0.5) is 5.82 Å². The Labute approximate surface area is 262 Å². The average molecular weight is 642 g/mol. The normalized spacial score (nSPS) is 19.8. The van der Waals surface area contributed by atoms with Crippen molar-refractivity contribution in [2.45, 2.75) is 103 Å². The van der Waals surface area contributed by atoms with Gasteiger partial charge in [-0.25, -0.2) is 19.7 Å². The van der Waals surface area contributed by atoms with Gasteiger partial charge in [-0.05, 0) is 48.4 Å². The van der Waals surface area contributed by atoms with E-state index in [9.17, 15) is 9.59 Å².